The second-order valence-corrected chi connectivity index (χ2v) is 8.99. The fourth-order valence-electron chi connectivity index (χ4n) is 4.07. The number of carbonyl (C=O) groups excluding carboxylic acids is 1. The molecule has 4 rings (SSSR count). The van der Waals surface area contributed by atoms with Crippen LogP contribution in [0, 0.1) is 23.0 Å². The Morgan fingerprint density at radius 2 is 1.86 bits per heavy atom. The van der Waals surface area contributed by atoms with Gasteiger partial charge in [0.05, 0.1) is 40.7 Å². The molecule has 36 heavy (non-hydrogen) atoms. The van der Waals surface area contributed by atoms with E-state index >= 15 is 0 Å². The molecule has 0 bridgehead atoms. The average molecular weight is 532 g/mol. The Morgan fingerprint density at radius 3 is 2.53 bits per heavy atom. The average Bonchev–Trinajstić information content (AvgIpc) is 2.86. The number of ether oxygens (including phenoxy) is 2. The highest BCUT2D eigenvalue weighted by Gasteiger charge is 2.25. The lowest BCUT2D eigenvalue weighted by atomic mass is 10.0. The predicted molar refractivity (Wildman–Crippen MR) is 134 cm³/mol. The van der Waals surface area contributed by atoms with E-state index < -0.39 is 17.5 Å². The molecule has 10 heteroatoms. The number of hydrogen-bond donors (Lipinski definition) is 1. The molecule has 1 saturated heterocycles. The van der Waals surface area contributed by atoms with Crippen molar-refractivity contribution in [3.8, 4) is 17.6 Å². The van der Waals surface area contributed by atoms with Gasteiger partial charge in [-0.3, -0.25) is 4.79 Å². The third-order valence-corrected chi connectivity index (χ3v) is 6.30. The summed E-state index contributed by atoms with van der Waals surface area (Å²) in [4.78, 5) is 15.2. The molecule has 1 heterocycles. The summed E-state index contributed by atoms with van der Waals surface area (Å²) in [6, 6.07) is 13.2. The van der Waals surface area contributed by atoms with E-state index in [0.29, 0.717) is 42.9 Å². The third kappa shape index (κ3) is 5.64. The quantitative estimate of drug-likeness (QED) is 0.395. The Morgan fingerprint density at radius 1 is 1.11 bits per heavy atom. The summed E-state index contributed by atoms with van der Waals surface area (Å²) in [5.74, 6) is -1.72. The van der Waals surface area contributed by atoms with Crippen molar-refractivity contribution in [3.63, 3.8) is 0 Å². The monoisotopic (exact) mass is 531 g/mol. The van der Waals surface area contributed by atoms with Crippen LogP contribution in [0.2, 0.25) is 10.0 Å². The van der Waals surface area contributed by atoms with E-state index in [0.717, 1.165) is 12.1 Å². The van der Waals surface area contributed by atoms with Crippen molar-refractivity contribution in [1.29, 1.82) is 5.26 Å². The maximum Gasteiger partial charge on any atom is 0.259 e. The maximum absolute atomic E-state index is 14.0. The van der Waals surface area contributed by atoms with Crippen LogP contribution in [0.25, 0.3) is 0 Å². The van der Waals surface area contributed by atoms with Crippen molar-refractivity contribution in [2.24, 2.45) is 0 Å². The Kier molecular flexibility index (Phi) is 7.82. The third-order valence-electron chi connectivity index (χ3n) is 5.80. The molecule has 3 aromatic carbocycles. The van der Waals surface area contributed by atoms with Crippen molar-refractivity contribution in [3.05, 3.63) is 81.3 Å². The zero-order valence-electron chi connectivity index (χ0n) is 19.2. The number of benzene rings is 3. The fraction of sp³-hybridized carbons (Fsp3) is 0.231. The van der Waals surface area contributed by atoms with Gasteiger partial charge in [0.25, 0.3) is 5.91 Å². The molecule has 3 aromatic rings. The van der Waals surface area contributed by atoms with Gasteiger partial charge in [-0.25, -0.2) is 8.78 Å². The van der Waals surface area contributed by atoms with Crippen LogP contribution in [0.15, 0.2) is 48.5 Å². The summed E-state index contributed by atoms with van der Waals surface area (Å²) in [7, 11) is 1.40. The van der Waals surface area contributed by atoms with Gasteiger partial charge in [-0.1, -0.05) is 23.2 Å². The summed E-state index contributed by atoms with van der Waals surface area (Å²) >= 11 is 12.3. The molecule has 1 fully saturated rings. The minimum Gasteiger partial charge on any atom is -0.494 e. The SMILES string of the molecule is COc1c(Cl)cc(Cl)cc1C(=O)Nc1cc(C#N)ccc1N1CCC(Oc2ccc(F)cc2F)CC1. The summed E-state index contributed by atoms with van der Waals surface area (Å²) < 4.78 is 38.2. The van der Waals surface area contributed by atoms with E-state index in [1.54, 1.807) is 18.2 Å². The summed E-state index contributed by atoms with van der Waals surface area (Å²) in [6.07, 6.45) is 0.889. The number of halogens is 4. The first-order chi connectivity index (χ1) is 17.3. The van der Waals surface area contributed by atoms with E-state index in [1.807, 2.05) is 4.90 Å². The van der Waals surface area contributed by atoms with Gasteiger partial charge >= 0.3 is 0 Å². The number of nitrogens with zero attached hydrogens (tertiary/aromatic N) is 2. The molecule has 6 nitrogen and oxygen atoms in total. The van der Waals surface area contributed by atoms with Crippen molar-refractivity contribution >= 4 is 40.5 Å². The van der Waals surface area contributed by atoms with Crippen LogP contribution in [0.5, 0.6) is 11.5 Å². The number of methoxy groups -OCH3 is 1. The lowest BCUT2D eigenvalue weighted by molar-refractivity contribution is 0.102. The lowest BCUT2D eigenvalue weighted by Crippen LogP contribution is -2.38. The van der Waals surface area contributed by atoms with Crippen molar-refractivity contribution in [2.75, 3.05) is 30.4 Å². The molecule has 0 saturated carbocycles. The van der Waals surface area contributed by atoms with Crippen LogP contribution in [0.3, 0.4) is 0 Å². The molecule has 1 N–H and O–H groups in total. The zero-order valence-corrected chi connectivity index (χ0v) is 20.7. The number of hydrogen-bond acceptors (Lipinski definition) is 5. The molecule has 186 valence electrons. The predicted octanol–water partition coefficient (Wildman–Crippen LogP) is 6.45. The molecular formula is C26H21Cl2F2N3O3. The summed E-state index contributed by atoms with van der Waals surface area (Å²) in [5, 5.41) is 12.7. The minimum atomic E-state index is -0.744. The topological polar surface area (TPSA) is 74.6 Å². The lowest BCUT2D eigenvalue weighted by Gasteiger charge is -2.35. The second-order valence-electron chi connectivity index (χ2n) is 8.15. The van der Waals surface area contributed by atoms with Gasteiger partial charge in [-0.2, -0.15) is 5.26 Å². The van der Waals surface area contributed by atoms with Gasteiger partial charge in [-0.15, -0.1) is 0 Å². The number of rotatable bonds is 6. The number of nitrogens with one attached hydrogen (secondary N) is 1. The van der Waals surface area contributed by atoms with Crippen molar-refractivity contribution in [2.45, 2.75) is 18.9 Å². The Labute approximate surface area is 216 Å². The molecular weight excluding hydrogens is 511 g/mol. The first-order valence-electron chi connectivity index (χ1n) is 11.0. The first kappa shape index (κ1) is 25.5. The summed E-state index contributed by atoms with van der Waals surface area (Å²) in [6.45, 7) is 1.10. The van der Waals surface area contributed by atoms with E-state index in [-0.39, 0.29) is 33.2 Å². The molecule has 0 radical (unpaired) electrons. The second kappa shape index (κ2) is 11.0. The highest BCUT2D eigenvalue weighted by Crippen LogP contribution is 2.35. The highest BCUT2D eigenvalue weighted by atomic mass is 35.5. The largest absolute Gasteiger partial charge is 0.494 e. The molecule has 0 aromatic heterocycles. The Bertz CT molecular complexity index is 1340. The van der Waals surface area contributed by atoms with E-state index in [9.17, 15) is 18.8 Å². The van der Waals surface area contributed by atoms with Crippen LogP contribution in [-0.4, -0.2) is 32.2 Å². The van der Waals surface area contributed by atoms with Gasteiger partial charge in [0, 0.05) is 37.0 Å². The van der Waals surface area contributed by atoms with Crippen LogP contribution in [0.1, 0.15) is 28.8 Å². The van der Waals surface area contributed by atoms with Crippen LogP contribution in [-0.2, 0) is 0 Å². The number of nitriles is 1. The molecule has 0 atom stereocenters. The van der Waals surface area contributed by atoms with E-state index in [1.165, 1.54) is 25.3 Å². The highest BCUT2D eigenvalue weighted by molar-refractivity contribution is 6.36. The Hall–Kier alpha value is -3.54. The number of carbonyl (C=O) groups is 1. The number of amides is 1. The molecule has 0 aliphatic carbocycles. The van der Waals surface area contributed by atoms with Crippen LogP contribution in [0.4, 0.5) is 20.2 Å². The Balaban J connectivity index is 1.52. The first-order valence-corrected chi connectivity index (χ1v) is 11.8. The molecule has 1 aliphatic heterocycles. The molecule has 1 aliphatic rings. The zero-order chi connectivity index (χ0) is 25.8. The molecule has 1 amide bonds. The summed E-state index contributed by atoms with van der Waals surface area (Å²) in [5.41, 5.74) is 1.66. The van der Waals surface area contributed by atoms with Gasteiger partial charge < -0.3 is 19.7 Å². The standard InChI is InChI=1S/C26H21Cl2F2N3O3/c1-35-25-19(11-16(27)12-20(25)28)26(34)32-22-10-15(14-31)2-4-23(22)33-8-6-18(7-9-33)36-24-5-3-17(29)13-21(24)30/h2-5,10-13,18H,6-9H2,1H3,(H,32,34). The van der Waals surface area contributed by atoms with Crippen LogP contribution < -0.4 is 19.7 Å². The molecule has 0 spiro atoms. The smallest absolute Gasteiger partial charge is 0.259 e. The maximum atomic E-state index is 14.0. The van der Waals surface area contributed by atoms with Crippen molar-refractivity contribution in [1.82, 2.24) is 0 Å². The van der Waals surface area contributed by atoms with Crippen molar-refractivity contribution < 1.29 is 23.0 Å². The minimum absolute atomic E-state index is 0.00954. The van der Waals surface area contributed by atoms with Gasteiger partial charge in [-0.05, 0) is 42.5 Å². The van der Waals surface area contributed by atoms with Gasteiger partial charge in [0.2, 0.25) is 0 Å². The van der Waals surface area contributed by atoms with E-state index in [2.05, 4.69) is 11.4 Å². The fourth-order valence-corrected chi connectivity index (χ4v) is 4.64. The molecule has 0 unspecified atom stereocenters. The number of anilines is 2. The normalized spacial score (nSPS) is 13.7. The van der Waals surface area contributed by atoms with Crippen LogP contribution >= 0.6 is 23.2 Å². The van der Waals surface area contributed by atoms with Gasteiger partial charge in [0.1, 0.15) is 17.7 Å². The number of piperidine rings is 1. The van der Waals surface area contributed by atoms with E-state index in [4.69, 9.17) is 32.7 Å². The van der Waals surface area contributed by atoms with Gasteiger partial charge in [0.15, 0.2) is 11.6 Å².